The smallest absolute Gasteiger partial charge is 0.263 e. The molecular weight excluding hydrogens is 408 g/mol. The molecule has 0 aliphatic heterocycles. The summed E-state index contributed by atoms with van der Waals surface area (Å²) in [4.78, 5) is 9.09. The number of rotatable bonds is 5. The van der Waals surface area contributed by atoms with Gasteiger partial charge in [-0.15, -0.1) is 0 Å². The highest BCUT2D eigenvalue weighted by atomic mass is 35.5. The van der Waals surface area contributed by atoms with Crippen LogP contribution in [0.4, 0.5) is 17.3 Å². The van der Waals surface area contributed by atoms with E-state index >= 15 is 0 Å². The van der Waals surface area contributed by atoms with Crippen LogP contribution in [0.5, 0.6) is 0 Å². The SMILES string of the molecule is Cc1cccc(Nc2nc3ccccc3nc2NS(=O)(=O)c2cccc(Cl)c2)c1. The Bertz CT molecular complexity index is 1310. The van der Waals surface area contributed by atoms with Crippen LogP contribution in [0.3, 0.4) is 0 Å². The highest BCUT2D eigenvalue weighted by molar-refractivity contribution is 7.92. The molecule has 0 amide bonds. The lowest BCUT2D eigenvalue weighted by atomic mass is 10.2. The van der Waals surface area contributed by atoms with Gasteiger partial charge in [-0.1, -0.05) is 41.9 Å². The zero-order valence-corrected chi connectivity index (χ0v) is 17.0. The fourth-order valence-corrected chi connectivity index (χ4v) is 4.15. The van der Waals surface area contributed by atoms with E-state index in [-0.39, 0.29) is 10.7 Å². The van der Waals surface area contributed by atoms with Crippen molar-refractivity contribution in [2.75, 3.05) is 10.0 Å². The molecule has 146 valence electrons. The summed E-state index contributed by atoms with van der Waals surface area (Å²) in [5.41, 5.74) is 3.06. The average Bonchev–Trinajstić information content (AvgIpc) is 2.68. The fraction of sp³-hybridized carbons (Fsp3) is 0.0476. The predicted octanol–water partition coefficient (Wildman–Crippen LogP) is 5.14. The molecule has 4 aromatic rings. The van der Waals surface area contributed by atoms with Crippen LogP contribution < -0.4 is 10.0 Å². The molecule has 0 bridgehead atoms. The summed E-state index contributed by atoms with van der Waals surface area (Å²) < 4.78 is 28.3. The van der Waals surface area contributed by atoms with Crippen molar-refractivity contribution in [2.45, 2.75) is 11.8 Å². The maximum absolute atomic E-state index is 12.9. The quantitative estimate of drug-likeness (QED) is 0.463. The molecular formula is C21H17ClN4O2S. The molecule has 0 radical (unpaired) electrons. The van der Waals surface area contributed by atoms with Crippen LogP contribution in [0.1, 0.15) is 5.56 Å². The number of nitrogens with zero attached hydrogens (tertiary/aromatic N) is 2. The van der Waals surface area contributed by atoms with E-state index in [4.69, 9.17) is 11.6 Å². The first-order chi connectivity index (χ1) is 13.9. The van der Waals surface area contributed by atoms with Gasteiger partial charge in [-0.3, -0.25) is 4.72 Å². The van der Waals surface area contributed by atoms with Crippen LogP contribution in [0, 0.1) is 6.92 Å². The standard InChI is InChI=1S/C21H17ClN4O2S/c1-14-6-4-8-16(12-14)23-20-21(25-19-11-3-2-10-18(19)24-20)26-29(27,28)17-9-5-7-15(22)13-17/h2-13H,1H3,(H,23,24)(H,25,26). The highest BCUT2D eigenvalue weighted by Gasteiger charge is 2.19. The number of halogens is 1. The Hall–Kier alpha value is -3.16. The topological polar surface area (TPSA) is 84.0 Å². The molecule has 0 saturated heterocycles. The Morgan fingerprint density at radius 2 is 1.52 bits per heavy atom. The van der Waals surface area contributed by atoms with Crippen molar-refractivity contribution >= 4 is 50.0 Å². The van der Waals surface area contributed by atoms with Gasteiger partial charge in [0.15, 0.2) is 11.6 Å². The van der Waals surface area contributed by atoms with Gasteiger partial charge in [0.05, 0.1) is 15.9 Å². The molecule has 0 fully saturated rings. The van der Waals surface area contributed by atoms with Gasteiger partial charge < -0.3 is 5.32 Å². The number of hydrogen-bond acceptors (Lipinski definition) is 5. The van der Waals surface area contributed by atoms with Gasteiger partial charge in [0.1, 0.15) is 0 Å². The van der Waals surface area contributed by atoms with Crippen LogP contribution >= 0.6 is 11.6 Å². The van der Waals surface area contributed by atoms with Crippen molar-refractivity contribution in [3.8, 4) is 0 Å². The Balaban J connectivity index is 1.79. The summed E-state index contributed by atoms with van der Waals surface area (Å²) in [6.45, 7) is 1.97. The second-order valence-electron chi connectivity index (χ2n) is 6.47. The Kier molecular flexibility index (Phi) is 5.08. The maximum Gasteiger partial charge on any atom is 0.263 e. The molecule has 2 N–H and O–H groups in total. The van der Waals surface area contributed by atoms with Crippen molar-refractivity contribution in [1.29, 1.82) is 0 Å². The average molecular weight is 425 g/mol. The molecule has 0 spiro atoms. The monoisotopic (exact) mass is 424 g/mol. The Morgan fingerprint density at radius 1 is 0.828 bits per heavy atom. The van der Waals surface area contributed by atoms with E-state index in [1.165, 1.54) is 12.1 Å². The molecule has 0 saturated carbocycles. The third-order valence-corrected chi connectivity index (χ3v) is 5.76. The minimum Gasteiger partial charge on any atom is -0.337 e. The first-order valence-electron chi connectivity index (χ1n) is 8.80. The van der Waals surface area contributed by atoms with Gasteiger partial charge in [-0.05, 0) is 55.0 Å². The van der Waals surface area contributed by atoms with E-state index in [2.05, 4.69) is 20.0 Å². The molecule has 6 nitrogen and oxygen atoms in total. The third-order valence-electron chi connectivity index (χ3n) is 4.19. The molecule has 1 aromatic heterocycles. The van der Waals surface area contributed by atoms with Gasteiger partial charge >= 0.3 is 0 Å². The minimum absolute atomic E-state index is 0.0430. The van der Waals surface area contributed by atoms with Crippen molar-refractivity contribution in [3.63, 3.8) is 0 Å². The number of sulfonamides is 1. The third kappa shape index (κ3) is 4.31. The number of aromatic nitrogens is 2. The van der Waals surface area contributed by atoms with Gasteiger partial charge in [0, 0.05) is 10.7 Å². The van der Waals surface area contributed by atoms with E-state index in [9.17, 15) is 8.42 Å². The number of aryl methyl sites for hydroxylation is 1. The summed E-state index contributed by atoms with van der Waals surface area (Å²) in [7, 11) is -3.90. The van der Waals surface area contributed by atoms with E-state index in [1.807, 2.05) is 49.4 Å². The molecule has 1 heterocycles. The van der Waals surface area contributed by atoms with Crippen LogP contribution in [0.15, 0.2) is 77.7 Å². The minimum atomic E-state index is -3.90. The van der Waals surface area contributed by atoms with Crippen molar-refractivity contribution in [1.82, 2.24) is 9.97 Å². The van der Waals surface area contributed by atoms with Gasteiger partial charge in [0.25, 0.3) is 10.0 Å². The lowest BCUT2D eigenvalue weighted by Gasteiger charge is -2.14. The van der Waals surface area contributed by atoms with Crippen LogP contribution in [0.2, 0.25) is 5.02 Å². The number of hydrogen-bond donors (Lipinski definition) is 2. The van der Waals surface area contributed by atoms with E-state index < -0.39 is 10.0 Å². The Labute approximate surface area is 173 Å². The second kappa shape index (κ2) is 7.69. The fourth-order valence-electron chi connectivity index (χ4n) is 2.84. The summed E-state index contributed by atoms with van der Waals surface area (Å²) >= 11 is 5.95. The van der Waals surface area contributed by atoms with Gasteiger partial charge in [-0.2, -0.15) is 0 Å². The molecule has 0 atom stereocenters. The molecule has 0 aliphatic rings. The van der Waals surface area contributed by atoms with Crippen LogP contribution in [-0.4, -0.2) is 18.4 Å². The van der Waals surface area contributed by atoms with Crippen LogP contribution in [-0.2, 0) is 10.0 Å². The summed E-state index contributed by atoms with van der Waals surface area (Å²) in [6.07, 6.45) is 0. The largest absolute Gasteiger partial charge is 0.337 e. The van der Waals surface area contributed by atoms with Crippen molar-refractivity contribution < 1.29 is 8.42 Å². The number of fused-ring (bicyclic) bond motifs is 1. The molecule has 0 aliphatic carbocycles. The maximum atomic E-state index is 12.9. The number of para-hydroxylation sites is 2. The number of anilines is 3. The zero-order valence-electron chi connectivity index (χ0n) is 15.4. The first-order valence-corrected chi connectivity index (χ1v) is 10.7. The summed E-state index contributed by atoms with van der Waals surface area (Å²) in [5, 5.41) is 3.49. The zero-order chi connectivity index (χ0) is 20.4. The predicted molar refractivity (Wildman–Crippen MR) is 116 cm³/mol. The summed E-state index contributed by atoms with van der Waals surface area (Å²) in [5.74, 6) is 0.407. The number of benzene rings is 3. The Morgan fingerprint density at radius 3 is 2.21 bits per heavy atom. The molecule has 4 rings (SSSR count). The highest BCUT2D eigenvalue weighted by Crippen LogP contribution is 2.27. The molecule has 3 aromatic carbocycles. The second-order valence-corrected chi connectivity index (χ2v) is 8.59. The molecule has 29 heavy (non-hydrogen) atoms. The van der Waals surface area contributed by atoms with Crippen molar-refractivity contribution in [2.24, 2.45) is 0 Å². The van der Waals surface area contributed by atoms with Crippen LogP contribution in [0.25, 0.3) is 11.0 Å². The first kappa shape index (κ1) is 19.2. The van der Waals surface area contributed by atoms with E-state index in [1.54, 1.807) is 18.2 Å². The lowest BCUT2D eigenvalue weighted by Crippen LogP contribution is -2.16. The van der Waals surface area contributed by atoms with Crippen molar-refractivity contribution in [3.05, 3.63) is 83.4 Å². The number of nitrogens with one attached hydrogen (secondary N) is 2. The lowest BCUT2D eigenvalue weighted by molar-refractivity contribution is 0.601. The summed E-state index contributed by atoms with van der Waals surface area (Å²) in [6, 6.07) is 21.0. The van der Waals surface area contributed by atoms with E-state index in [0.717, 1.165) is 11.3 Å². The van der Waals surface area contributed by atoms with Gasteiger partial charge in [0.2, 0.25) is 0 Å². The molecule has 0 unspecified atom stereocenters. The van der Waals surface area contributed by atoms with E-state index in [0.29, 0.717) is 21.9 Å². The molecule has 8 heteroatoms. The van der Waals surface area contributed by atoms with Gasteiger partial charge in [-0.25, -0.2) is 18.4 Å². The normalized spacial score (nSPS) is 11.4.